The first-order valence-corrected chi connectivity index (χ1v) is 8.43. The van der Waals surface area contributed by atoms with Crippen molar-refractivity contribution < 1.29 is 4.74 Å². The first-order valence-electron chi connectivity index (χ1n) is 6.76. The van der Waals surface area contributed by atoms with Crippen molar-refractivity contribution in [2.24, 2.45) is 0 Å². The summed E-state index contributed by atoms with van der Waals surface area (Å²) in [6, 6.07) is 6.82. The minimum atomic E-state index is 0.515. The fourth-order valence-corrected chi connectivity index (χ4v) is 3.23. The molecule has 1 N–H and O–H groups in total. The van der Waals surface area contributed by atoms with E-state index in [1.165, 1.54) is 18.4 Å². The molecule has 20 heavy (non-hydrogen) atoms. The highest BCUT2D eigenvalue weighted by Crippen LogP contribution is 2.26. The van der Waals surface area contributed by atoms with Crippen molar-refractivity contribution >= 4 is 27.3 Å². The van der Waals surface area contributed by atoms with Crippen molar-refractivity contribution in [1.82, 2.24) is 10.3 Å². The van der Waals surface area contributed by atoms with Crippen LogP contribution in [0.4, 0.5) is 0 Å². The summed E-state index contributed by atoms with van der Waals surface area (Å²) in [5.74, 6) is 0.862. The normalized spacial score (nSPS) is 14.5. The van der Waals surface area contributed by atoms with Gasteiger partial charge in [0.2, 0.25) is 0 Å². The van der Waals surface area contributed by atoms with E-state index in [0.717, 1.165) is 33.5 Å². The van der Waals surface area contributed by atoms with Gasteiger partial charge in [0, 0.05) is 18.0 Å². The Morgan fingerprint density at radius 1 is 1.45 bits per heavy atom. The van der Waals surface area contributed by atoms with Crippen LogP contribution >= 0.6 is 27.3 Å². The van der Waals surface area contributed by atoms with Gasteiger partial charge in [0.25, 0.3) is 0 Å². The predicted molar refractivity (Wildman–Crippen MR) is 85.2 cm³/mol. The number of aryl methyl sites for hydroxylation is 1. The van der Waals surface area contributed by atoms with Crippen LogP contribution in [-0.4, -0.2) is 11.0 Å². The van der Waals surface area contributed by atoms with Gasteiger partial charge in [-0.15, -0.1) is 11.3 Å². The largest absolute Gasteiger partial charge is 0.486 e. The lowest BCUT2D eigenvalue weighted by atomic mass is 10.2. The Kier molecular flexibility index (Phi) is 4.38. The highest BCUT2D eigenvalue weighted by atomic mass is 79.9. The number of aromatic nitrogens is 1. The molecule has 0 unspecified atom stereocenters. The van der Waals surface area contributed by atoms with Crippen molar-refractivity contribution in [2.75, 3.05) is 0 Å². The van der Waals surface area contributed by atoms with E-state index in [0.29, 0.717) is 6.61 Å². The molecule has 0 saturated heterocycles. The molecule has 106 valence electrons. The first-order chi connectivity index (χ1) is 9.70. The summed E-state index contributed by atoms with van der Waals surface area (Å²) in [6.45, 7) is 3.46. The molecule has 1 aromatic heterocycles. The number of hydrogen-bond acceptors (Lipinski definition) is 4. The van der Waals surface area contributed by atoms with Crippen molar-refractivity contribution in [3.63, 3.8) is 0 Å². The number of ether oxygens (including phenoxy) is 1. The van der Waals surface area contributed by atoms with Gasteiger partial charge < -0.3 is 10.1 Å². The molecule has 1 aliphatic rings. The van der Waals surface area contributed by atoms with Crippen LogP contribution in [0.15, 0.2) is 28.1 Å². The zero-order chi connectivity index (χ0) is 13.9. The minimum absolute atomic E-state index is 0.515. The van der Waals surface area contributed by atoms with Crippen molar-refractivity contribution in [1.29, 1.82) is 0 Å². The smallest absolute Gasteiger partial charge is 0.134 e. The fourth-order valence-electron chi connectivity index (χ4n) is 1.89. The lowest BCUT2D eigenvalue weighted by Gasteiger charge is -2.07. The Morgan fingerprint density at radius 2 is 2.30 bits per heavy atom. The maximum atomic E-state index is 5.81. The summed E-state index contributed by atoms with van der Waals surface area (Å²) in [6.07, 6.45) is 2.62. The number of nitrogens with zero attached hydrogens (tertiary/aromatic N) is 1. The molecule has 3 rings (SSSR count). The number of rotatable bonds is 6. The van der Waals surface area contributed by atoms with E-state index in [9.17, 15) is 0 Å². The van der Waals surface area contributed by atoms with Gasteiger partial charge in [0.15, 0.2) is 0 Å². The van der Waals surface area contributed by atoms with E-state index in [1.807, 2.05) is 12.1 Å². The molecule has 1 saturated carbocycles. The molecule has 0 radical (unpaired) electrons. The molecule has 0 amide bonds. The monoisotopic (exact) mass is 352 g/mol. The lowest BCUT2D eigenvalue weighted by molar-refractivity contribution is 0.300. The average molecular weight is 353 g/mol. The third kappa shape index (κ3) is 3.81. The lowest BCUT2D eigenvalue weighted by Crippen LogP contribution is -2.15. The average Bonchev–Trinajstić information content (AvgIpc) is 3.14. The third-order valence-electron chi connectivity index (χ3n) is 3.18. The van der Waals surface area contributed by atoms with E-state index >= 15 is 0 Å². The molecule has 5 heteroatoms. The zero-order valence-electron chi connectivity index (χ0n) is 11.4. The van der Waals surface area contributed by atoms with Gasteiger partial charge in [-0.1, -0.05) is 6.07 Å². The Labute approximate surface area is 131 Å². The van der Waals surface area contributed by atoms with Crippen LogP contribution in [0.3, 0.4) is 0 Å². The number of thiazole rings is 1. The molecular weight excluding hydrogens is 336 g/mol. The Hall–Kier alpha value is -0.910. The SMILES string of the molecule is Cc1ccc(OCc2csc(CNC3CC3)n2)c(Br)c1. The molecule has 1 heterocycles. The fraction of sp³-hybridized carbons (Fsp3) is 0.400. The van der Waals surface area contributed by atoms with Gasteiger partial charge >= 0.3 is 0 Å². The number of halogens is 1. The van der Waals surface area contributed by atoms with Gasteiger partial charge in [-0.25, -0.2) is 4.98 Å². The number of hydrogen-bond donors (Lipinski definition) is 1. The molecule has 0 aliphatic heterocycles. The van der Waals surface area contributed by atoms with Gasteiger partial charge in [-0.3, -0.25) is 0 Å². The van der Waals surface area contributed by atoms with E-state index < -0.39 is 0 Å². The summed E-state index contributed by atoms with van der Waals surface area (Å²) in [5, 5.41) is 6.69. The van der Waals surface area contributed by atoms with Crippen LogP contribution in [0.1, 0.15) is 29.1 Å². The van der Waals surface area contributed by atoms with Crippen LogP contribution in [0.25, 0.3) is 0 Å². The summed E-state index contributed by atoms with van der Waals surface area (Å²) in [7, 11) is 0. The van der Waals surface area contributed by atoms with Crippen LogP contribution in [0.2, 0.25) is 0 Å². The van der Waals surface area contributed by atoms with E-state index in [-0.39, 0.29) is 0 Å². The van der Waals surface area contributed by atoms with Crippen LogP contribution < -0.4 is 10.1 Å². The van der Waals surface area contributed by atoms with E-state index in [2.05, 4.69) is 44.6 Å². The summed E-state index contributed by atoms with van der Waals surface area (Å²) in [5.41, 5.74) is 2.21. The van der Waals surface area contributed by atoms with Crippen molar-refractivity contribution in [3.05, 3.63) is 44.3 Å². The molecule has 1 aliphatic carbocycles. The van der Waals surface area contributed by atoms with Gasteiger partial charge in [-0.2, -0.15) is 0 Å². The highest BCUT2D eigenvalue weighted by Gasteiger charge is 2.20. The van der Waals surface area contributed by atoms with E-state index in [1.54, 1.807) is 11.3 Å². The van der Waals surface area contributed by atoms with Crippen LogP contribution in [-0.2, 0) is 13.2 Å². The van der Waals surface area contributed by atoms with Crippen molar-refractivity contribution in [2.45, 2.75) is 39.0 Å². The number of nitrogens with one attached hydrogen (secondary N) is 1. The quantitative estimate of drug-likeness (QED) is 0.851. The van der Waals surface area contributed by atoms with Gasteiger partial charge in [0.05, 0.1) is 10.2 Å². The van der Waals surface area contributed by atoms with Crippen molar-refractivity contribution in [3.8, 4) is 5.75 Å². The topological polar surface area (TPSA) is 34.1 Å². The molecule has 0 atom stereocenters. The molecule has 0 bridgehead atoms. The minimum Gasteiger partial charge on any atom is -0.486 e. The van der Waals surface area contributed by atoms with Crippen LogP contribution in [0.5, 0.6) is 5.75 Å². The van der Waals surface area contributed by atoms with Gasteiger partial charge in [-0.05, 0) is 53.4 Å². The van der Waals surface area contributed by atoms with E-state index in [4.69, 9.17) is 4.74 Å². The molecule has 3 nitrogen and oxygen atoms in total. The highest BCUT2D eigenvalue weighted by molar-refractivity contribution is 9.10. The first kappa shape index (κ1) is 14.0. The second kappa shape index (κ2) is 6.24. The maximum Gasteiger partial charge on any atom is 0.134 e. The third-order valence-corrected chi connectivity index (χ3v) is 4.70. The second-order valence-corrected chi connectivity index (χ2v) is 6.91. The summed E-state index contributed by atoms with van der Waals surface area (Å²) >= 11 is 5.22. The maximum absolute atomic E-state index is 5.81. The van der Waals surface area contributed by atoms with Gasteiger partial charge in [0.1, 0.15) is 17.4 Å². The number of benzene rings is 1. The second-order valence-electron chi connectivity index (χ2n) is 5.11. The molecule has 0 spiro atoms. The summed E-state index contributed by atoms with van der Waals surface area (Å²) < 4.78 is 6.80. The summed E-state index contributed by atoms with van der Waals surface area (Å²) in [4.78, 5) is 4.59. The molecule has 1 fully saturated rings. The standard InChI is InChI=1S/C15H17BrN2OS/c1-10-2-5-14(13(16)6-10)19-8-12-9-20-15(18-12)7-17-11-3-4-11/h2,5-6,9,11,17H,3-4,7-8H2,1H3. The Balaban J connectivity index is 1.54. The Bertz CT molecular complexity index is 595. The molecular formula is C15H17BrN2OS. The predicted octanol–water partition coefficient (Wildman–Crippen LogP) is 4.05. The Morgan fingerprint density at radius 3 is 3.05 bits per heavy atom. The molecule has 1 aromatic carbocycles. The van der Waals surface area contributed by atoms with Crippen LogP contribution in [0, 0.1) is 6.92 Å². The zero-order valence-corrected chi connectivity index (χ0v) is 13.8. The molecule has 2 aromatic rings.